The predicted octanol–water partition coefficient (Wildman–Crippen LogP) is 2.89. The number of hydrogen-bond acceptors (Lipinski definition) is 6. The molecule has 0 spiro atoms. The van der Waals surface area contributed by atoms with Gasteiger partial charge in [-0.15, -0.1) is 10.2 Å². The van der Waals surface area contributed by atoms with Crippen LogP contribution in [0.4, 0.5) is 0 Å². The molecule has 0 atom stereocenters. The minimum atomic E-state index is -0.172. The van der Waals surface area contributed by atoms with Crippen LogP contribution in [0.5, 0.6) is 0 Å². The van der Waals surface area contributed by atoms with Gasteiger partial charge in [0.15, 0.2) is 22.5 Å². The molecule has 0 aliphatic heterocycles. The molecule has 0 unspecified atom stereocenters. The third kappa shape index (κ3) is 2.96. The highest BCUT2D eigenvalue weighted by molar-refractivity contribution is 7.99. The van der Waals surface area contributed by atoms with E-state index in [4.69, 9.17) is 16.0 Å². The number of thioether (sulfide) groups is 1. The van der Waals surface area contributed by atoms with Crippen molar-refractivity contribution in [1.29, 1.82) is 0 Å². The summed E-state index contributed by atoms with van der Waals surface area (Å²) >= 11 is 7.58. The maximum Gasteiger partial charge on any atom is 0.328 e. The Morgan fingerprint density at radius 1 is 1.14 bits per heavy atom. The Balaban J connectivity index is 1.59. The fourth-order valence-electron chi connectivity index (χ4n) is 3.00. The fourth-order valence-corrected chi connectivity index (χ4v) is 4.06. The summed E-state index contributed by atoms with van der Waals surface area (Å²) in [6.45, 7) is 0. The fraction of sp³-hybridized carbons (Fsp3) is 0.222. The normalized spacial score (nSPS) is 11.4. The van der Waals surface area contributed by atoms with E-state index in [-0.39, 0.29) is 17.2 Å². The van der Waals surface area contributed by atoms with E-state index in [9.17, 15) is 9.59 Å². The van der Waals surface area contributed by atoms with E-state index in [1.807, 2.05) is 7.05 Å². The number of nitrogens with zero attached hydrogens (tertiary/aromatic N) is 5. The number of aryl methyl sites for hydroxylation is 2. The lowest BCUT2D eigenvalue weighted by atomic mass is 10.1. The number of aromatic nitrogens is 5. The molecule has 10 heteroatoms. The van der Waals surface area contributed by atoms with E-state index in [1.165, 1.54) is 20.9 Å². The molecule has 0 aliphatic rings. The number of Topliss-reactive ketones (excluding diaryl/α,β-unsaturated/α-hetero) is 1. The van der Waals surface area contributed by atoms with E-state index >= 15 is 0 Å². The summed E-state index contributed by atoms with van der Waals surface area (Å²) in [6.07, 6.45) is 1.56. The Bertz CT molecular complexity index is 1250. The maximum atomic E-state index is 12.8. The van der Waals surface area contributed by atoms with Gasteiger partial charge in [0.2, 0.25) is 0 Å². The second kappa shape index (κ2) is 6.99. The zero-order valence-electron chi connectivity index (χ0n) is 15.3. The Morgan fingerprint density at radius 3 is 2.54 bits per heavy atom. The second-order valence-electron chi connectivity index (χ2n) is 6.28. The molecule has 3 aromatic heterocycles. The van der Waals surface area contributed by atoms with E-state index in [2.05, 4.69) is 10.2 Å². The van der Waals surface area contributed by atoms with Gasteiger partial charge in [0.1, 0.15) is 0 Å². The standard InChI is InChI=1S/C18H16ClN5O3S/c1-22-12-7-10(11(19)8-13(12)23(2)18(22)26)14(25)9-28-17-21-20-16(24(17)3)15-5-4-6-27-15/h4-8H,9H2,1-3H3. The molecule has 0 fully saturated rings. The number of carbonyl (C=O) groups is 1. The van der Waals surface area contributed by atoms with Gasteiger partial charge in [-0.1, -0.05) is 23.4 Å². The highest BCUT2D eigenvalue weighted by Crippen LogP contribution is 2.27. The average Bonchev–Trinajstić information content (AvgIpc) is 3.37. The topological polar surface area (TPSA) is 87.9 Å². The summed E-state index contributed by atoms with van der Waals surface area (Å²) < 4.78 is 10.1. The first-order valence-corrected chi connectivity index (χ1v) is 9.69. The van der Waals surface area contributed by atoms with Crippen molar-refractivity contribution < 1.29 is 9.21 Å². The lowest BCUT2D eigenvalue weighted by Gasteiger charge is -2.06. The minimum Gasteiger partial charge on any atom is -0.461 e. The van der Waals surface area contributed by atoms with Crippen LogP contribution in [0.1, 0.15) is 10.4 Å². The summed E-state index contributed by atoms with van der Waals surface area (Å²) in [5.74, 6) is 1.16. The van der Waals surface area contributed by atoms with Crippen molar-refractivity contribution in [3.63, 3.8) is 0 Å². The first-order chi connectivity index (χ1) is 13.4. The lowest BCUT2D eigenvalue weighted by Crippen LogP contribution is -2.19. The third-order valence-corrected chi connectivity index (χ3v) is 5.90. The second-order valence-corrected chi connectivity index (χ2v) is 7.63. The number of halogens is 1. The van der Waals surface area contributed by atoms with Gasteiger partial charge < -0.3 is 8.98 Å². The molecule has 0 saturated carbocycles. The molecule has 28 heavy (non-hydrogen) atoms. The largest absolute Gasteiger partial charge is 0.461 e. The molecular formula is C18H16ClN5O3S. The van der Waals surface area contributed by atoms with E-state index < -0.39 is 0 Å². The number of hydrogen-bond donors (Lipinski definition) is 0. The lowest BCUT2D eigenvalue weighted by molar-refractivity contribution is 0.102. The number of benzene rings is 1. The van der Waals surface area contributed by atoms with Crippen molar-refractivity contribution in [2.45, 2.75) is 5.16 Å². The van der Waals surface area contributed by atoms with E-state index in [0.717, 1.165) is 0 Å². The van der Waals surface area contributed by atoms with Gasteiger partial charge in [-0.3, -0.25) is 13.9 Å². The Hall–Kier alpha value is -2.78. The summed E-state index contributed by atoms with van der Waals surface area (Å²) in [5.41, 5.74) is 1.54. The van der Waals surface area contributed by atoms with Crippen LogP contribution in [0.15, 0.2) is 44.9 Å². The molecule has 8 nitrogen and oxygen atoms in total. The van der Waals surface area contributed by atoms with Crippen molar-refractivity contribution in [2.24, 2.45) is 21.1 Å². The number of rotatable bonds is 5. The zero-order chi connectivity index (χ0) is 20.0. The first kappa shape index (κ1) is 18.6. The van der Waals surface area contributed by atoms with Crippen molar-refractivity contribution >= 4 is 40.2 Å². The Labute approximate surface area is 168 Å². The average molecular weight is 418 g/mol. The van der Waals surface area contributed by atoms with Crippen molar-refractivity contribution in [2.75, 3.05) is 5.75 Å². The van der Waals surface area contributed by atoms with E-state index in [0.29, 0.717) is 38.4 Å². The summed E-state index contributed by atoms with van der Waals surface area (Å²) in [6, 6.07) is 6.87. The van der Waals surface area contributed by atoms with Crippen molar-refractivity contribution in [3.8, 4) is 11.6 Å². The predicted molar refractivity (Wildman–Crippen MR) is 107 cm³/mol. The SMILES string of the molecule is Cn1c(SCC(=O)c2cc3c(cc2Cl)n(C)c(=O)n3C)nnc1-c1ccco1. The summed E-state index contributed by atoms with van der Waals surface area (Å²) in [4.78, 5) is 24.9. The summed E-state index contributed by atoms with van der Waals surface area (Å²) in [5, 5.41) is 9.13. The monoisotopic (exact) mass is 417 g/mol. The third-order valence-electron chi connectivity index (χ3n) is 4.57. The molecule has 4 rings (SSSR count). The molecule has 0 bridgehead atoms. The minimum absolute atomic E-state index is 0.135. The number of furan rings is 1. The van der Waals surface area contributed by atoms with Gasteiger partial charge in [0.25, 0.3) is 0 Å². The molecular weight excluding hydrogens is 402 g/mol. The molecule has 144 valence electrons. The molecule has 1 aromatic carbocycles. The Morgan fingerprint density at radius 2 is 1.86 bits per heavy atom. The van der Waals surface area contributed by atoms with Crippen LogP contribution in [0.2, 0.25) is 5.02 Å². The maximum absolute atomic E-state index is 12.8. The molecule has 0 saturated heterocycles. The van der Waals surface area contributed by atoms with Gasteiger partial charge in [-0.05, 0) is 24.3 Å². The van der Waals surface area contributed by atoms with E-state index in [1.54, 1.807) is 49.2 Å². The van der Waals surface area contributed by atoms with Crippen LogP contribution >= 0.6 is 23.4 Å². The van der Waals surface area contributed by atoms with Gasteiger partial charge in [0, 0.05) is 26.7 Å². The van der Waals surface area contributed by atoms with Crippen molar-refractivity contribution in [1.82, 2.24) is 23.9 Å². The molecule has 3 heterocycles. The summed E-state index contributed by atoms with van der Waals surface area (Å²) in [7, 11) is 5.14. The number of fused-ring (bicyclic) bond motifs is 1. The molecule has 4 aromatic rings. The van der Waals surface area contributed by atoms with Crippen LogP contribution in [-0.4, -0.2) is 35.4 Å². The van der Waals surface area contributed by atoms with Crippen LogP contribution in [0, 0.1) is 0 Å². The highest BCUT2D eigenvalue weighted by atomic mass is 35.5. The Kier molecular flexibility index (Phi) is 4.64. The van der Waals surface area contributed by atoms with Crippen LogP contribution in [0.3, 0.4) is 0 Å². The van der Waals surface area contributed by atoms with Crippen LogP contribution in [0.25, 0.3) is 22.6 Å². The van der Waals surface area contributed by atoms with Crippen molar-refractivity contribution in [3.05, 3.63) is 51.6 Å². The quantitative estimate of drug-likeness (QED) is 0.366. The van der Waals surface area contributed by atoms with Crippen LogP contribution in [-0.2, 0) is 21.1 Å². The highest BCUT2D eigenvalue weighted by Gasteiger charge is 2.19. The number of carbonyl (C=O) groups excluding carboxylic acids is 1. The van der Waals surface area contributed by atoms with Gasteiger partial charge >= 0.3 is 5.69 Å². The van der Waals surface area contributed by atoms with Gasteiger partial charge in [-0.25, -0.2) is 4.79 Å². The molecule has 0 N–H and O–H groups in total. The molecule has 0 radical (unpaired) electrons. The zero-order valence-corrected chi connectivity index (χ0v) is 16.9. The van der Waals surface area contributed by atoms with Crippen LogP contribution < -0.4 is 5.69 Å². The first-order valence-electron chi connectivity index (χ1n) is 8.32. The number of ketones is 1. The number of imidazole rings is 1. The van der Waals surface area contributed by atoms with Gasteiger partial charge in [0.05, 0.1) is 28.1 Å². The molecule has 0 aliphatic carbocycles. The van der Waals surface area contributed by atoms with Gasteiger partial charge in [-0.2, -0.15) is 0 Å². The molecule has 0 amide bonds. The smallest absolute Gasteiger partial charge is 0.328 e.